The summed E-state index contributed by atoms with van der Waals surface area (Å²) < 4.78 is 0. The van der Waals surface area contributed by atoms with E-state index < -0.39 is 12.1 Å². The molecule has 4 aromatic carbocycles. The van der Waals surface area contributed by atoms with Crippen molar-refractivity contribution in [3.63, 3.8) is 0 Å². The van der Waals surface area contributed by atoms with Crippen LogP contribution in [0.4, 0.5) is 38.5 Å². The van der Waals surface area contributed by atoms with E-state index in [4.69, 9.17) is 5.73 Å². The fourth-order valence-corrected chi connectivity index (χ4v) is 9.99. The Morgan fingerprint density at radius 3 is 1.58 bits per heavy atom. The van der Waals surface area contributed by atoms with E-state index in [-0.39, 0.29) is 67.2 Å². The van der Waals surface area contributed by atoms with Crippen LogP contribution in [0, 0.1) is 50.4 Å². The molecule has 0 aliphatic carbocycles. The van der Waals surface area contributed by atoms with Crippen LogP contribution in [-0.2, 0) is 0 Å². The Kier molecular flexibility index (Phi) is 16.3. The van der Waals surface area contributed by atoms with E-state index in [2.05, 4.69) is 63.3 Å². The second kappa shape index (κ2) is 23.9. The highest BCUT2D eigenvalue weighted by atomic mass is 16.2. The van der Waals surface area contributed by atoms with Gasteiger partial charge in [0.25, 0.3) is 11.8 Å². The van der Waals surface area contributed by atoms with Crippen LogP contribution in [0.3, 0.4) is 0 Å². The summed E-state index contributed by atoms with van der Waals surface area (Å²) in [5, 5.41) is 33.6. The van der Waals surface area contributed by atoms with E-state index in [0.29, 0.717) is 88.1 Å². The molecule has 0 saturated carbocycles. The van der Waals surface area contributed by atoms with E-state index in [1.165, 1.54) is 22.7 Å². The minimum atomic E-state index is -0.709. The first-order valence-corrected chi connectivity index (χ1v) is 26.0. The van der Waals surface area contributed by atoms with Gasteiger partial charge in [-0.1, -0.05) is 36.4 Å². The molecule has 0 bridgehead atoms. The molecule has 7 N–H and O–H groups in total. The van der Waals surface area contributed by atoms with Crippen molar-refractivity contribution in [1.82, 2.24) is 50.3 Å². The van der Waals surface area contributed by atoms with Crippen LogP contribution in [0.1, 0.15) is 103 Å². The highest BCUT2D eigenvalue weighted by Crippen LogP contribution is 2.34. The number of aromatic amines is 1. The number of amides is 6. The van der Waals surface area contributed by atoms with E-state index >= 15 is 9.59 Å². The van der Waals surface area contributed by atoms with Crippen molar-refractivity contribution in [3.8, 4) is 12.1 Å². The highest BCUT2D eigenvalue weighted by molar-refractivity contribution is 6.08. The van der Waals surface area contributed by atoms with E-state index in [9.17, 15) is 20.1 Å². The molecule has 21 heteroatoms. The van der Waals surface area contributed by atoms with Crippen molar-refractivity contribution in [3.05, 3.63) is 153 Å². The number of fused-ring (bicyclic) bond motifs is 1. The molecule has 398 valence electrons. The summed E-state index contributed by atoms with van der Waals surface area (Å²) >= 11 is 0. The number of nitrogen functional groups attached to an aromatic ring is 1. The van der Waals surface area contributed by atoms with Crippen LogP contribution in [-0.4, -0.2) is 116 Å². The van der Waals surface area contributed by atoms with Gasteiger partial charge in [0.05, 0.1) is 41.0 Å². The number of nitriles is 2. The number of anilines is 5. The summed E-state index contributed by atoms with van der Waals surface area (Å²) in [4.78, 5) is 87.6. The van der Waals surface area contributed by atoms with Crippen molar-refractivity contribution in [2.45, 2.75) is 65.2 Å². The number of rotatable bonds is 14. The molecule has 2 saturated heterocycles. The molecule has 3 aromatic heterocycles. The number of hydrogen-bond donors (Lipinski definition) is 6. The molecule has 0 unspecified atom stereocenters. The predicted octanol–water partition coefficient (Wildman–Crippen LogP) is 7.61. The Balaban J connectivity index is 1.04. The minimum absolute atomic E-state index is 0.0525. The zero-order valence-electron chi connectivity index (χ0n) is 44.0. The Hall–Kier alpha value is -9.63. The Labute approximate surface area is 451 Å². The lowest BCUT2D eigenvalue weighted by Gasteiger charge is -2.37. The number of hydrazine groups is 1. The monoisotopic (exact) mass is 1050 g/mol. The average Bonchev–Trinajstić information content (AvgIpc) is 4.05. The largest absolute Gasteiger partial charge is 0.368 e. The third-order valence-corrected chi connectivity index (χ3v) is 14.6. The quantitative estimate of drug-likeness (QED) is 0.0452. The number of aromatic nitrogens is 6. The van der Waals surface area contributed by atoms with Gasteiger partial charge in [0.15, 0.2) is 11.5 Å². The Bertz CT molecular complexity index is 3430. The van der Waals surface area contributed by atoms with Crippen molar-refractivity contribution >= 4 is 64.0 Å². The molecule has 0 atom stereocenters. The Morgan fingerprint density at radius 1 is 0.628 bits per heavy atom. The number of imidazole rings is 1. The number of hydrogen-bond acceptors (Lipinski definition) is 14. The van der Waals surface area contributed by atoms with Gasteiger partial charge in [-0.3, -0.25) is 9.59 Å². The molecule has 0 radical (unpaired) electrons. The van der Waals surface area contributed by atoms with Crippen molar-refractivity contribution in [2.24, 2.45) is 0 Å². The first-order chi connectivity index (χ1) is 37.8. The maximum atomic E-state index is 15.3. The molecule has 78 heavy (non-hydrogen) atoms. The van der Waals surface area contributed by atoms with Gasteiger partial charge in [-0.25, -0.2) is 29.5 Å². The number of aryl methyl sites for hydroxylation is 3. The van der Waals surface area contributed by atoms with Gasteiger partial charge < -0.3 is 41.8 Å². The summed E-state index contributed by atoms with van der Waals surface area (Å²) in [5.41, 5.74) is 14.2. The van der Waals surface area contributed by atoms with Crippen molar-refractivity contribution in [1.29, 1.82) is 10.5 Å². The number of urea groups is 2. The second-order valence-electron chi connectivity index (χ2n) is 19.5. The van der Waals surface area contributed by atoms with Gasteiger partial charge in [-0.15, -0.1) is 0 Å². The summed E-state index contributed by atoms with van der Waals surface area (Å²) in [6.07, 6.45) is 5.77. The van der Waals surface area contributed by atoms with Gasteiger partial charge in [0.1, 0.15) is 17.7 Å². The summed E-state index contributed by atoms with van der Waals surface area (Å²) in [5.74, 6) is 1.04. The number of nitrogens with one attached hydrogen (secondary N) is 5. The zero-order chi connectivity index (χ0) is 54.9. The van der Waals surface area contributed by atoms with Crippen LogP contribution in [0.25, 0.3) is 11.2 Å². The van der Waals surface area contributed by atoms with Crippen LogP contribution < -0.4 is 37.0 Å². The fraction of sp³-hybridized carbons (Fsp3) is 0.316. The topological polar surface area (TPSA) is 283 Å². The average molecular weight is 1050 g/mol. The molecule has 6 amide bonds. The maximum Gasteiger partial charge on any atom is 0.341 e. The van der Waals surface area contributed by atoms with Crippen molar-refractivity contribution in [2.75, 3.05) is 78.7 Å². The van der Waals surface area contributed by atoms with Crippen LogP contribution in [0.2, 0.25) is 0 Å². The Morgan fingerprint density at radius 2 is 1.10 bits per heavy atom. The van der Waals surface area contributed by atoms with Crippen LogP contribution in [0.15, 0.2) is 97.6 Å². The highest BCUT2D eigenvalue weighted by Gasteiger charge is 2.34. The van der Waals surface area contributed by atoms with E-state index in [0.717, 1.165) is 42.4 Å². The lowest BCUT2D eigenvalue weighted by atomic mass is 9.89. The molecular weight excluding hydrogens is 987 g/mol. The van der Waals surface area contributed by atoms with Crippen molar-refractivity contribution < 1.29 is 19.2 Å². The summed E-state index contributed by atoms with van der Waals surface area (Å²) in [6, 6.07) is 28.3. The van der Waals surface area contributed by atoms with E-state index in [1.807, 2.05) is 62.4 Å². The molecule has 2 aliphatic rings. The van der Waals surface area contributed by atoms with E-state index in [1.54, 1.807) is 60.0 Å². The first kappa shape index (κ1) is 53.2. The van der Waals surface area contributed by atoms with Crippen LogP contribution >= 0.6 is 0 Å². The standard InChI is InChI=1S/C57H61N17O4/c1-35-5-11-45(53(75)71-25-17-43(18-26-71)41-13-7-39(31-58)8-14-41)29-47(35)73(56(77)63-23-21-61-50-37(3)38(4)69-55(60)70-50)74(57(78)64-24-22-62-51-49-52(66-33-65-49)68-34-67-51)48-30-46(12-6-36(48)2)54(76)72-27-19-44(20-28-72)42-15-9-40(32-59)10-16-42/h5-16,29-30,33-34,43-44H,17-28H2,1-4H3,(H,63,77)(H,64,78)(H3,60,61,69,70)(H2,62,65,66,67,68). The number of H-pyrrole nitrogens is 1. The smallest absolute Gasteiger partial charge is 0.341 e. The summed E-state index contributed by atoms with van der Waals surface area (Å²) in [6.45, 7) is 9.74. The number of nitrogens with two attached hydrogens (primary N) is 1. The zero-order valence-corrected chi connectivity index (χ0v) is 44.0. The number of carbonyl (C=O) groups is 4. The SMILES string of the molecule is Cc1ccc(C(=O)N2CCC(c3ccc(C#N)cc3)CC2)cc1N(C(=O)NCCNc1nc(N)nc(C)c1C)N(C(=O)NCCNc1ncnc2nc[nH]c12)c1cc(C(=O)N2CCC(c3ccc(C#N)cc3)CC2)ccc1C. The molecular formula is C57H61N17O4. The second-order valence-corrected chi connectivity index (χ2v) is 19.5. The van der Waals surface area contributed by atoms with Crippen LogP contribution in [0.5, 0.6) is 0 Å². The number of piperidine rings is 2. The molecule has 2 fully saturated rings. The third kappa shape index (κ3) is 11.9. The van der Waals surface area contributed by atoms with Gasteiger partial charge in [-0.05, 0) is 136 Å². The molecule has 7 aromatic rings. The lowest BCUT2D eigenvalue weighted by Crippen LogP contribution is -2.58. The molecule has 5 heterocycles. The first-order valence-electron chi connectivity index (χ1n) is 26.0. The molecule has 21 nitrogen and oxygen atoms in total. The normalized spacial score (nSPS) is 13.8. The number of likely N-dealkylation sites (tertiary alicyclic amines) is 2. The molecule has 2 aliphatic heterocycles. The number of benzene rings is 4. The van der Waals surface area contributed by atoms with Gasteiger partial charge in [0, 0.05) is 74.7 Å². The third-order valence-electron chi connectivity index (χ3n) is 14.6. The number of nitrogens with zero attached hydrogens (tertiary/aromatic N) is 11. The number of carbonyl (C=O) groups excluding carboxylic acids is 4. The van der Waals surface area contributed by atoms with Gasteiger partial charge in [0.2, 0.25) is 5.95 Å². The van der Waals surface area contributed by atoms with Gasteiger partial charge in [-0.2, -0.15) is 25.5 Å². The predicted molar refractivity (Wildman–Crippen MR) is 297 cm³/mol. The van der Waals surface area contributed by atoms with Gasteiger partial charge >= 0.3 is 12.1 Å². The fourth-order valence-electron chi connectivity index (χ4n) is 9.99. The summed E-state index contributed by atoms with van der Waals surface area (Å²) in [7, 11) is 0. The minimum Gasteiger partial charge on any atom is -0.368 e. The molecule has 0 spiro atoms. The lowest BCUT2D eigenvalue weighted by molar-refractivity contribution is 0.0705. The maximum absolute atomic E-state index is 15.3. The molecule has 9 rings (SSSR count).